The maximum atomic E-state index is 12.4. The van der Waals surface area contributed by atoms with Crippen LogP contribution in [0.4, 0.5) is 0 Å². The summed E-state index contributed by atoms with van der Waals surface area (Å²) in [6.07, 6.45) is 8.70. The second kappa shape index (κ2) is 15.0. The number of carboxylic acid groups (broad SMARTS) is 1. The number of ether oxygens (including phenoxy) is 1. The molecule has 1 saturated carbocycles. The number of carbonyl (C=O) groups excluding carboxylic acids is 1. The minimum atomic E-state index is -0.777. The molecule has 0 amide bonds. The van der Waals surface area contributed by atoms with Crippen LogP contribution in [0.15, 0.2) is 36.4 Å². The van der Waals surface area contributed by atoms with Crippen LogP contribution >= 0.6 is 0 Å². The lowest BCUT2D eigenvalue weighted by molar-refractivity contribution is -0.137. The molecule has 3 N–H and O–H groups in total. The van der Waals surface area contributed by atoms with E-state index in [1.165, 1.54) is 5.56 Å². The van der Waals surface area contributed by atoms with Gasteiger partial charge in [-0.15, -0.1) is 0 Å². The molecule has 6 nitrogen and oxygen atoms in total. The Hall–Kier alpha value is -2.02. The third kappa shape index (κ3) is 10.2. The molecule has 1 aromatic carbocycles. The maximum Gasteiger partial charge on any atom is 0.303 e. The van der Waals surface area contributed by atoms with Gasteiger partial charge in [-0.3, -0.25) is 9.59 Å². The van der Waals surface area contributed by atoms with E-state index < -0.39 is 18.2 Å². The quantitative estimate of drug-likeness (QED) is 0.253. The molecule has 1 aromatic rings. The molecule has 4 atom stereocenters. The lowest BCUT2D eigenvalue weighted by Crippen LogP contribution is -2.19. The van der Waals surface area contributed by atoms with E-state index in [9.17, 15) is 19.8 Å². The molecule has 33 heavy (non-hydrogen) atoms. The van der Waals surface area contributed by atoms with Crippen molar-refractivity contribution in [3.63, 3.8) is 0 Å². The summed E-state index contributed by atoms with van der Waals surface area (Å²) in [7, 11) is 0. The molecule has 6 heteroatoms. The van der Waals surface area contributed by atoms with Gasteiger partial charge in [-0.25, -0.2) is 0 Å². The molecular weight excluding hydrogens is 420 g/mol. The van der Waals surface area contributed by atoms with E-state index in [2.05, 4.69) is 19.1 Å². The third-order valence-corrected chi connectivity index (χ3v) is 6.26. The first kappa shape index (κ1) is 27.2. The average molecular weight is 461 g/mol. The SMILES string of the molecule is CCCOCCc1cccc(CC(O)/C=C/[C@H]2[C@H](O)CC(=O)[C@@H]2CCCCCCC(=O)O)c1. The summed E-state index contributed by atoms with van der Waals surface area (Å²) in [5.41, 5.74) is 2.22. The van der Waals surface area contributed by atoms with E-state index in [1.807, 2.05) is 18.2 Å². The van der Waals surface area contributed by atoms with E-state index >= 15 is 0 Å². The number of aliphatic hydroxyl groups is 2. The van der Waals surface area contributed by atoms with Crippen LogP contribution in [0.25, 0.3) is 0 Å². The molecular formula is C27H40O6. The summed E-state index contributed by atoms with van der Waals surface area (Å²) in [4.78, 5) is 22.9. The molecule has 0 aromatic heterocycles. The Morgan fingerprint density at radius 3 is 2.70 bits per heavy atom. The zero-order chi connectivity index (χ0) is 24.1. The first-order chi connectivity index (χ1) is 15.9. The number of aliphatic carboxylic acids is 1. The number of carboxylic acids is 1. The minimum absolute atomic E-state index is 0.0789. The van der Waals surface area contributed by atoms with Gasteiger partial charge in [0.1, 0.15) is 5.78 Å². The van der Waals surface area contributed by atoms with Crippen molar-refractivity contribution in [2.45, 2.75) is 83.3 Å². The fourth-order valence-corrected chi connectivity index (χ4v) is 4.50. The number of hydrogen-bond acceptors (Lipinski definition) is 5. The monoisotopic (exact) mass is 460 g/mol. The number of Topliss-reactive ketones (excluding diaryl/α,β-unsaturated/α-hetero) is 1. The molecule has 0 radical (unpaired) electrons. The van der Waals surface area contributed by atoms with Crippen molar-refractivity contribution in [1.29, 1.82) is 0 Å². The predicted octanol–water partition coefficient (Wildman–Crippen LogP) is 4.11. The second-order valence-electron chi connectivity index (χ2n) is 9.11. The normalized spacial score (nSPS) is 21.7. The smallest absolute Gasteiger partial charge is 0.303 e. The summed E-state index contributed by atoms with van der Waals surface area (Å²) >= 11 is 0. The number of unbranched alkanes of at least 4 members (excludes halogenated alkanes) is 3. The number of hydrogen-bond donors (Lipinski definition) is 3. The van der Waals surface area contributed by atoms with Gasteiger partial charge in [-0.05, 0) is 36.8 Å². The van der Waals surface area contributed by atoms with E-state index in [1.54, 1.807) is 6.08 Å². The molecule has 1 fully saturated rings. The Labute approximate surface area is 197 Å². The van der Waals surface area contributed by atoms with E-state index in [4.69, 9.17) is 9.84 Å². The van der Waals surface area contributed by atoms with Crippen LogP contribution in [-0.4, -0.2) is 52.5 Å². The van der Waals surface area contributed by atoms with E-state index in [0.717, 1.165) is 44.3 Å². The predicted molar refractivity (Wildman–Crippen MR) is 128 cm³/mol. The van der Waals surface area contributed by atoms with Crippen LogP contribution < -0.4 is 0 Å². The fourth-order valence-electron chi connectivity index (χ4n) is 4.50. The summed E-state index contributed by atoms with van der Waals surface area (Å²) in [5, 5.41) is 29.6. The first-order valence-corrected chi connectivity index (χ1v) is 12.3. The molecule has 1 aliphatic rings. The van der Waals surface area contributed by atoms with Crippen LogP contribution in [0.3, 0.4) is 0 Å². The summed E-state index contributed by atoms with van der Waals surface area (Å²) < 4.78 is 5.55. The number of rotatable bonds is 16. The lowest BCUT2D eigenvalue weighted by Gasteiger charge is -2.18. The molecule has 2 rings (SSSR count). The highest BCUT2D eigenvalue weighted by molar-refractivity contribution is 5.84. The number of ketones is 1. The van der Waals surface area contributed by atoms with Gasteiger partial charge >= 0.3 is 5.97 Å². The van der Waals surface area contributed by atoms with E-state index in [-0.39, 0.29) is 30.5 Å². The molecule has 0 saturated heterocycles. The van der Waals surface area contributed by atoms with Gasteiger partial charge in [0.05, 0.1) is 18.8 Å². The number of aliphatic hydroxyl groups excluding tert-OH is 2. The summed E-state index contributed by atoms with van der Waals surface area (Å²) in [6.45, 7) is 3.54. The van der Waals surface area contributed by atoms with Crippen molar-refractivity contribution in [2.75, 3.05) is 13.2 Å². The van der Waals surface area contributed by atoms with Crippen molar-refractivity contribution in [3.05, 3.63) is 47.5 Å². The van der Waals surface area contributed by atoms with Gasteiger partial charge in [0.2, 0.25) is 0 Å². The molecule has 1 unspecified atom stereocenters. The molecule has 0 spiro atoms. The van der Waals surface area contributed by atoms with Crippen molar-refractivity contribution in [1.82, 2.24) is 0 Å². The molecule has 1 aliphatic carbocycles. The molecule has 0 aliphatic heterocycles. The third-order valence-electron chi connectivity index (χ3n) is 6.26. The Kier molecular flexibility index (Phi) is 12.4. The summed E-state index contributed by atoms with van der Waals surface area (Å²) in [6, 6.07) is 8.14. The van der Waals surface area contributed by atoms with Crippen LogP contribution in [0.2, 0.25) is 0 Å². The van der Waals surface area contributed by atoms with Crippen LogP contribution in [-0.2, 0) is 27.2 Å². The standard InChI is InChI=1S/C27H40O6/c1-2-15-33-16-14-20-8-7-9-21(17-20)18-22(28)12-13-24-23(25(29)19-26(24)30)10-5-3-4-6-11-27(31)32/h7-9,12-13,17,22-24,26,28,30H,2-6,10-11,14-16,18-19H2,1H3,(H,31,32)/b13-12+/t22?,23-,24-,26-/m1/s1. The Balaban J connectivity index is 1.83. The highest BCUT2D eigenvalue weighted by atomic mass is 16.5. The number of benzene rings is 1. The molecule has 184 valence electrons. The maximum absolute atomic E-state index is 12.4. The van der Waals surface area contributed by atoms with Crippen molar-refractivity contribution >= 4 is 11.8 Å². The Morgan fingerprint density at radius 2 is 1.94 bits per heavy atom. The van der Waals surface area contributed by atoms with Gasteiger partial charge in [0.25, 0.3) is 0 Å². The second-order valence-corrected chi connectivity index (χ2v) is 9.11. The highest BCUT2D eigenvalue weighted by Crippen LogP contribution is 2.34. The van der Waals surface area contributed by atoms with Gasteiger partial charge in [-0.1, -0.05) is 62.6 Å². The summed E-state index contributed by atoms with van der Waals surface area (Å²) in [5.74, 6) is -1.20. The van der Waals surface area contributed by atoms with E-state index in [0.29, 0.717) is 25.9 Å². The molecule has 0 bridgehead atoms. The van der Waals surface area contributed by atoms with Crippen LogP contribution in [0.5, 0.6) is 0 Å². The van der Waals surface area contributed by atoms with Crippen molar-refractivity contribution < 1.29 is 29.6 Å². The highest BCUT2D eigenvalue weighted by Gasteiger charge is 2.39. The fraction of sp³-hybridized carbons (Fsp3) is 0.630. The zero-order valence-electron chi connectivity index (χ0n) is 19.8. The van der Waals surface area contributed by atoms with Gasteiger partial charge in [-0.2, -0.15) is 0 Å². The topological polar surface area (TPSA) is 104 Å². The average Bonchev–Trinajstić information content (AvgIpc) is 3.04. The van der Waals surface area contributed by atoms with Crippen molar-refractivity contribution in [3.8, 4) is 0 Å². The van der Waals surface area contributed by atoms with Crippen LogP contribution in [0, 0.1) is 11.8 Å². The zero-order valence-corrected chi connectivity index (χ0v) is 19.8. The largest absolute Gasteiger partial charge is 0.481 e. The first-order valence-electron chi connectivity index (χ1n) is 12.3. The lowest BCUT2D eigenvalue weighted by atomic mass is 9.88. The minimum Gasteiger partial charge on any atom is -0.481 e. The van der Waals surface area contributed by atoms with Gasteiger partial charge in [0.15, 0.2) is 0 Å². The molecule has 0 heterocycles. The van der Waals surface area contributed by atoms with Gasteiger partial charge in [0, 0.05) is 37.7 Å². The Morgan fingerprint density at radius 1 is 1.18 bits per heavy atom. The van der Waals surface area contributed by atoms with Gasteiger partial charge < -0.3 is 20.1 Å². The number of carbonyl (C=O) groups is 2. The Bertz CT molecular complexity index is 759. The van der Waals surface area contributed by atoms with Crippen molar-refractivity contribution in [2.24, 2.45) is 11.8 Å². The van der Waals surface area contributed by atoms with Crippen LogP contribution in [0.1, 0.15) is 69.4 Å².